The van der Waals surface area contributed by atoms with E-state index >= 15 is 0 Å². The van der Waals surface area contributed by atoms with Crippen LogP contribution in [-0.4, -0.2) is 18.3 Å². The molecule has 0 aromatic carbocycles. The van der Waals surface area contributed by atoms with E-state index in [1.54, 1.807) is 22.7 Å². The van der Waals surface area contributed by atoms with Gasteiger partial charge in [-0.05, 0) is 56.7 Å². The van der Waals surface area contributed by atoms with Crippen molar-refractivity contribution >= 4 is 41.3 Å². The summed E-state index contributed by atoms with van der Waals surface area (Å²) in [7, 11) is -0.323. The Hall–Kier alpha value is -0.875. The smallest absolute Gasteiger partial charge is 0.399 e. The first kappa shape index (κ1) is 15.0. The lowest BCUT2D eigenvalue weighted by molar-refractivity contribution is 0.00578. The van der Waals surface area contributed by atoms with Gasteiger partial charge in [-0.3, -0.25) is 0 Å². The second kappa shape index (κ2) is 5.40. The van der Waals surface area contributed by atoms with Gasteiger partial charge in [0.05, 0.1) is 11.2 Å². The summed E-state index contributed by atoms with van der Waals surface area (Å²) >= 11 is 3.44. The van der Waals surface area contributed by atoms with Gasteiger partial charge >= 0.3 is 7.12 Å². The maximum Gasteiger partial charge on any atom is 0.496 e. The van der Waals surface area contributed by atoms with Gasteiger partial charge in [-0.2, -0.15) is 0 Å². The lowest BCUT2D eigenvalue weighted by Crippen LogP contribution is -2.41. The quantitative estimate of drug-likeness (QED) is 0.743. The molecule has 0 N–H and O–H groups in total. The van der Waals surface area contributed by atoms with Crippen LogP contribution in [0.15, 0.2) is 35.0 Å². The zero-order valence-corrected chi connectivity index (χ0v) is 14.4. The third-order valence-corrected chi connectivity index (χ3v) is 5.89. The Morgan fingerprint density at radius 3 is 2.14 bits per heavy atom. The molecule has 2 aromatic rings. The van der Waals surface area contributed by atoms with E-state index in [1.165, 1.54) is 9.75 Å². The second-order valence-corrected chi connectivity index (χ2v) is 8.11. The summed E-state index contributed by atoms with van der Waals surface area (Å²) in [6, 6.07) is 8.36. The molecule has 0 bridgehead atoms. The fourth-order valence-electron chi connectivity index (χ4n) is 2.19. The van der Waals surface area contributed by atoms with Crippen LogP contribution in [0.1, 0.15) is 37.4 Å². The van der Waals surface area contributed by atoms with Gasteiger partial charge in [-0.1, -0.05) is 12.1 Å². The fourth-order valence-corrected chi connectivity index (χ4v) is 3.61. The zero-order valence-electron chi connectivity index (χ0n) is 12.8. The Bertz CT molecular complexity index is 611. The van der Waals surface area contributed by atoms with E-state index in [-0.39, 0.29) is 18.3 Å². The van der Waals surface area contributed by atoms with Crippen molar-refractivity contribution in [1.29, 1.82) is 0 Å². The topological polar surface area (TPSA) is 18.5 Å². The highest BCUT2D eigenvalue weighted by Crippen LogP contribution is 2.41. The van der Waals surface area contributed by atoms with E-state index in [1.807, 2.05) is 0 Å². The first-order valence-corrected chi connectivity index (χ1v) is 8.80. The minimum absolute atomic E-state index is 0.316. The predicted molar refractivity (Wildman–Crippen MR) is 92.6 cm³/mol. The highest BCUT2D eigenvalue weighted by atomic mass is 32.1. The van der Waals surface area contributed by atoms with Gasteiger partial charge in [0.2, 0.25) is 0 Å². The van der Waals surface area contributed by atoms with Gasteiger partial charge in [0.15, 0.2) is 0 Å². The maximum absolute atomic E-state index is 6.22. The number of rotatable bonds is 3. The molecule has 1 aliphatic rings. The van der Waals surface area contributed by atoms with Gasteiger partial charge in [-0.15, -0.1) is 22.7 Å². The van der Waals surface area contributed by atoms with Crippen LogP contribution in [0.2, 0.25) is 0 Å². The van der Waals surface area contributed by atoms with Crippen molar-refractivity contribution in [2.75, 3.05) is 0 Å². The predicted octanol–water partition coefficient (Wildman–Crippen LogP) is 4.98. The van der Waals surface area contributed by atoms with Crippen molar-refractivity contribution in [2.45, 2.75) is 38.9 Å². The van der Waals surface area contributed by atoms with Crippen LogP contribution in [0.4, 0.5) is 0 Å². The Balaban J connectivity index is 1.99. The van der Waals surface area contributed by atoms with Crippen LogP contribution < -0.4 is 0 Å². The number of hydrogen-bond acceptors (Lipinski definition) is 4. The van der Waals surface area contributed by atoms with Gasteiger partial charge in [0.25, 0.3) is 0 Å². The molecule has 1 fully saturated rings. The van der Waals surface area contributed by atoms with Crippen LogP contribution in [-0.2, 0) is 9.31 Å². The third kappa shape index (κ3) is 2.88. The van der Waals surface area contributed by atoms with Crippen molar-refractivity contribution in [3.63, 3.8) is 0 Å². The standard InChI is InChI=1S/C16H19BO2S2/c1-15(2)16(3,4)19-17(18-15)13(14-8-6-10-21-14)11-12-7-5-9-20-12/h5-11H,1-4H3/b13-11+. The van der Waals surface area contributed by atoms with E-state index < -0.39 is 0 Å². The molecule has 2 nitrogen and oxygen atoms in total. The average molecular weight is 318 g/mol. The molecule has 0 saturated carbocycles. The minimum Gasteiger partial charge on any atom is -0.399 e. The molecule has 0 atom stereocenters. The third-order valence-electron chi connectivity index (χ3n) is 4.15. The summed E-state index contributed by atoms with van der Waals surface area (Å²) in [5, 5.41) is 4.17. The molecule has 3 heterocycles. The summed E-state index contributed by atoms with van der Waals surface area (Å²) in [5.74, 6) is 0. The van der Waals surface area contributed by atoms with E-state index in [4.69, 9.17) is 9.31 Å². The number of thiophene rings is 2. The van der Waals surface area contributed by atoms with Crippen molar-refractivity contribution in [3.8, 4) is 0 Å². The minimum atomic E-state index is -0.323. The first-order chi connectivity index (χ1) is 9.89. The summed E-state index contributed by atoms with van der Waals surface area (Å²) in [6.07, 6.45) is 2.18. The van der Waals surface area contributed by atoms with Crippen LogP contribution in [0.25, 0.3) is 11.5 Å². The van der Waals surface area contributed by atoms with Crippen molar-refractivity contribution in [1.82, 2.24) is 0 Å². The van der Waals surface area contributed by atoms with Gasteiger partial charge < -0.3 is 9.31 Å². The molecule has 0 spiro atoms. The molecule has 1 aliphatic heterocycles. The normalized spacial score (nSPS) is 21.0. The zero-order chi connectivity index (χ0) is 15.1. The molecule has 1 saturated heterocycles. The van der Waals surface area contributed by atoms with Gasteiger partial charge in [-0.25, -0.2) is 0 Å². The molecule has 3 rings (SSSR count). The van der Waals surface area contributed by atoms with Crippen LogP contribution in [0.5, 0.6) is 0 Å². The summed E-state index contributed by atoms with van der Waals surface area (Å²) in [5.41, 5.74) is 0.471. The van der Waals surface area contributed by atoms with Crippen molar-refractivity contribution in [2.24, 2.45) is 0 Å². The molecule has 2 aromatic heterocycles. The summed E-state index contributed by atoms with van der Waals surface area (Å²) in [6.45, 7) is 8.35. The largest absolute Gasteiger partial charge is 0.496 e. The van der Waals surface area contributed by atoms with E-state index in [2.05, 4.69) is 68.8 Å². The summed E-state index contributed by atoms with van der Waals surface area (Å²) in [4.78, 5) is 2.41. The Morgan fingerprint density at radius 1 is 1.00 bits per heavy atom. The molecule has 0 unspecified atom stereocenters. The average Bonchev–Trinajstić information content (AvgIpc) is 3.10. The summed E-state index contributed by atoms with van der Waals surface area (Å²) < 4.78 is 12.4. The Labute approximate surface area is 134 Å². The molecular weight excluding hydrogens is 299 g/mol. The van der Waals surface area contributed by atoms with E-state index in [9.17, 15) is 0 Å². The molecule has 21 heavy (non-hydrogen) atoms. The SMILES string of the molecule is CC1(C)OB(/C(=C/c2cccs2)c2cccs2)OC1(C)C. The molecular formula is C16H19BO2S2. The second-order valence-electron chi connectivity index (χ2n) is 6.18. The fraction of sp³-hybridized carbons (Fsp3) is 0.375. The maximum atomic E-state index is 6.22. The molecule has 5 heteroatoms. The monoisotopic (exact) mass is 318 g/mol. The van der Waals surface area contributed by atoms with E-state index in [0.717, 1.165) is 5.47 Å². The van der Waals surface area contributed by atoms with Gasteiger partial charge in [0.1, 0.15) is 0 Å². The molecule has 0 radical (unpaired) electrons. The number of hydrogen-bond donors (Lipinski definition) is 0. The van der Waals surface area contributed by atoms with Crippen molar-refractivity contribution in [3.05, 3.63) is 44.8 Å². The van der Waals surface area contributed by atoms with Crippen LogP contribution in [0.3, 0.4) is 0 Å². The van der Waals surface area contributed by atoms with Crippen LogP contribution >= 0.6 is 22.7 Å². The first-order valence-electron chi connectivity index (χ1n) is 7.04. The Morgan fingerprint density at radius 2 is 1.62 bits per heavy atom. The highest BCUT2D eigenvalue weighted by Gasteiger charge is 2.52. The Kier molecular flexibility index (Phi) is 3.86. The molecule has 0 aliphatic carbocycles. The van der Waals surface area contributed by atoms with Gasteiger partial charge in [0, 0.05) is 15.2 Å². The molecule has 110 valence electrons. The molecule has 0 amide bonds. The van der Waals surface area contributed by atoms with E-state index in [0.29, 0.717) is 0 Å². The highest BCUT2D eigenvalue weighted by molar-refractivity contribution is 7.13. The lowest BCUT2D eigenvalue weighted by Gasteiger charge is -2.32. The lowest BCUT2D eigenvalue weighted by atomic mass is 9.76. The van der Waals surface area contributed by atoms with Crippen molar-refractivity contribution < 1.29 is 9.31 Å². The van der Waals surface area contributed by atoms with Crippen LogP contribution in [0, 0.1) is 0 Å².